The Morgan fingerprint density at radius 2 is 1.90 bits per heavy atom. The molecule has 1 N–H and O–H groups in total. The Morgan fingerprint density at radius 1 is 1.13 bits per heavy atom. The minimum atomic E-state index is 0.183. The molecule has 3 aromatic carbocycles. The lowest BCUT2D eigenvalue weighted by molar-refractivity contribution is 0.470. The van der Waals surface area contributed by atoms with Crippen molar-refractivity contribution < 1.29 is 9.52 Å². The Morgan fingerprint density at radius 3 is 2.63 bits per heavy atom. The van der Waals surface area contributed by atoms with Crippen molar-refractivity contribution >= 4 is 34.6 Å². The number of phenolic OH excluding ortho intramolecular Hbond substituents is 1. The molecule has 0 aliphatic heterocycles. The number of fused-ring (bicyclic) bond motifs is 1. The number of nitrogens with zero attached hydrogens (tertiary/aromatic N) is 2. The number of aromatic hydroxyl groups is 1. The van der Waals surface area contributed by atoms with E-state index < -0.39 is 0 Å². The van der Waals surface area contributed by atoms with E-state index in [9.17, 15) is 5.11 Å². The molecule has 0 radical (unpaired) electrons. The second-order valence-electron chi connectivity index (χ2n) is 7.52. The molecule has 0 saturated heterocycles. The molecule has 5 heteroatoms. The number of hydrogen-bond acceptors (Lipinski definition) is 4. The fourth-order valence-corrected chi connectivity index (χ4v) is 3.59. The molecule has 152 valence electrons. The van der Waals surface area contributed by atoms with Gasteiger partial charge in [0, 0.05) is 22.4 Å². The first-order chi connectivity index (χ1) is 14.4. The van der Waals surface area contributed by atoms with Gasteiger partial charge >= 0.3 is 0 Å². The molecule has 0 aliphatic carbocycles. The van der Waals surface area contributed by atoms with Gasteiger partial charge in [0.15, 0.2) is 5.58 Å². The first-order valence-corrected chi connectivity index (χ1v) is 10.4. The molecule has 0 bridgehead atoms. The zero-order valence-corrected chi connectivity index (χ0v) is 17.9. The van der Waals surface area contributed by atoms with E-state index in [1.165, 1.54) is 5.56 Å². The van der Waals surface area contributed by atoms with Crippen LogP contribution in [0.3, 0.4) is 0 Å². The molecule has 0 amide bonds. The molecular weight excluding hydrogens is 396 g/mol. The fraction of sp³-hybridized carbons (Fsp3) is 0.200. The van der Waals surface area contributed by atoms with Crippen molar-refractivity contribution in [2.75, 3.05) is 0 Å². The second-order valence-corrected chi connectivity index (χ2v) is 7.96. The number of hydrogen-bond donors (Lipinski definition) is 1. The van der Waals surface area contributed by atoms with Gasteiger partial charge in [0.1, 0.15) is 11.3 Å². The molecule has 4 nitrogen and oxygen atoms in total. The maximum absolute atomic E-state index is 10.2. The lowest BCUT2D eigenvalue weighted by Crippen LogP contribution is -1.90. The van der Waals surface area contributed by atoms with E-state index >= 15 is 0 Å². The van der Waals surface area contributed by atoms with Crippen molar-refractivity contribution in [2.24, 2.45) is 4.99 Å². The van der Waals surface area contributed by atoms with Crippen LogP contribution in [0.25, 0.3) is 22.6 Å². The summed E-state index contributed by atoms with van der Waals surface area (Å²) in [4.78, 5) is 9.10. The van der Waals surface area contributed by atoms with Crippen molar-refractivity contribution in [3.8, 4) is 17.2 Å². The van der Waals surface area contributed by atoms with Crippen molar-refractivity contribution in [1.82, 2.24) is 4.98 Å². The summed E-state index contributed by atoms with van der Waals surface area (Å²) in [6, 6.07) is 17.2. The van der Waals surface area contributed by atoms with Crippen LogP contribution in [0.4, 0.5) is 5.69 Å². The summed E-state index contributed by atoms with van der Waals surface area (Å²) in [6.07, 6.45) is 2.70. The fourth-order valence-electron chi connectivity index (χ4n) is 3.30. The number of aryl methyl sites for hydroxylation is 1. The van der Waals surface area contributed by atoms with E-state index in [-0.39, 0.29) is 5.75 Å². The van der Waals surface area contributed by atoms with Gasteiger partial charge in [0.25, 0.3) is 0 Å². The van der Waals surface area contributed by atoms with Crippen LogP contribution in [0.5, 0.6) is 5.75 Å². The average molecular weight is 419 g/mol. The Bertz CT molecular complexity index is 1230. The number of oxazole rings is 1. The second kappa shape index (κ2) is 8.33. The monoisotopic (exact) mass is 418 g/mol. The zero-order chi connectivity index (χ0) is 21.3. The Kier molecular flexibility index (Phi) is 5.60. The van der Waals surface area contributed by atoms with Crippen LogP contribution in [0.2, 0.25) is 5.02 Å². The number of aromatic nitrogens is 1. The van der Waals surface area contributed by atoms with E-state index in [1.807, 2.05) is 30.3 Å². The highest BCUT2D eigenvalue weighted by Gasteiger charge is 2.11. The predicted molar refractivity (Wildman–Crippen MR) is 123 cm³/mol. The van der Waals surface area contributed by atoms with Crippen molar-refractivity contribution in [2.45, 2.75) is 33.1 Å². The Labute approximate surface area is 180 Å². The third-order valence-corrected chi connectivity index (χ3v) is 5.57. The summed E-state index contributed by atoms with van der Waals surface area (Å²) in [5.41, 5.74) is 5.87. The van der Waals surface area contributed by atoms with Gasteiger partial charge in [-0.05, 0) is 78.9 Å². The molecule has 4 aromatic rings. The van der Waals surface area contributed by atoms with E-state index in [2.05, 4.69) is 36.0 Å². The number of rotatable bonds is 5. The Hall–Kier alpha value is -3.11. The minimum absolute atomic E-state index is 0.183. The lowest BCUT2D eigenvalue weighted by Gasteiger charge is -2.07. The molecule has 1 unspecified atom stereocenters. The highest BCUT2D eigenvalue weighted by Crippen LogP contribution is 2.29. The van der Waals surface area contributed by atoms with Crippen LogP contribution >= 0.6 is 11.6 Å². The van der Waals surface area contributed by atoms with Gasteiger partial charge in [0.05, 0.1) is 5.69 Å². The molecule has 0 spiro atoms. The number of benzene rings is 3. The van der Waals surface area contributed by atoms with Gasteiger partial charge in [-0.2, -0.15) is 0 Å². The zero-order valence-electron chi connectivity index (χ0n) is 17.2. The maximum Gasteiger partial charge on any atom is 0.227 e. The van der Waals surface area contributed by atoms with Crippen LogP contribution < -0.4 is 0 Å². The number of phenols is 1. The summed E-state index contributed by atoms with van der Waals surface area (Å²) in [6.45, 7) is 6.20. The van der Waals surface area contributed by atoms with Crippen LogP contribution in [0.15, 0.2) is 64.0 Å². The third-order valence-electron chi connectivity index (χ3n) is 5.35. The molecule has 1 atom stereocenters. The van der Waals surface area contributed by atoms with E-state index in [1.54, 1.807) is 25.3 Å². The molecule has 4 rings (SSSR count). The molecule has 1 aromatic heterocycles. The molecule has 0 saturated carbocycles. The highest BCUT2D eigenvalue weighted by atomic mass is 35.5. The molecule has 30 heavy (non-hydrogen) atoms. The van der Waals surface area contributed by atoms with Crippen LogP contribution in [-0.4, -0.2) is 16.3 Å². The maximum atomic E-state index is 10.2. The highest BCUT2D eigenvalue weighted by molar-refractivity contribution is 6.31. The SMILES string of the molecule is CCC(C)c1ccc2oc(-c3ccc(N=Cc4cc(Cl)cc(C)c4O)cc3)nc2c1. The first kappa shape index (κ1) is 20.2. The lowest BCUT2D eigenvalue weighted by atomic mass is 9.98. The largest absolute Gasteiger partial charge is 0.507 e. The summed E-state index contributed by atoms with van der Waals surface area (Å²) in [5, 5.41) is 10.7. The van der Waals surface area contributed by atoms with Crippen LogP contribution in [-0.2, 0) is 0 Å². The van der Waals surface area contributed by atoms with Gasteiger partial charge in [-0.15, -0.1) is 0 Å². The number of halogens is 1. The normalized spacial score (nSPS) is 12.7. The summed E-state index contributed by atoms with van der Waals surface area (Å²) < 4.78 is 5.94. The van der Waals surface area contributed by atoms with E-state index in [4.69, 9.17) is 16.0 Å². The molecule has 0 aliphatic rings. The number of aliphatic imine (C=N–C) groups is 1. The summed E-state index contributed by atoms with van der Waals surface area (Å²) in [5.74, 6) is 1.27. The van der Waals surface area contributed by atoms with Crippen LogP contribution in [0, 0.1) is 6.92 Å². The third kappa shape index (κ3) is 4.10. The first-order valence-electron chi connectivity index (χ1n) is 9.98. The van der Waals surface area contributed by atoms with Gasteiger partial charge < -0.3 is 9.52 Å². The Balaban J connectivity index is 1.58. The summed E-state index contributed by atoms with van der Waals surface area (Å²) >= 11 is 6.07. The standard InChI is InChI=1S/C25H23ClN2O2/c1-4-15(2)18-7-10-23-22(13-18)28-25(30-23)17-5-8-21(9-6-17)27-14-19-12-20(26)11-16(3)24(19)29/h5-15,29H,4H2,1-3H3. The molecule has 1 heterocycles. The topological polar surface area (TPSA) is 58.6 Å². The predicted octanol–water partition coefficient (Wildman–Crippen LogP) is 7.43. The van der Waals surface area contributed by atoms with Gasteiger partial charge in [0.2, 0.25) is 5.89 Å². The van der Waals surface area contributed by atoms with Gasteiger partial charge in [-0.3, -0.25) is 4.99 Å². The van der Waals surface area contributed by atoms with Crippen molar-refractivity contribution in [3.63, 3.8) is 0 Å². The van der Waals surface area contributed by atoms with Crippen molar-refractivity contribution in [1.29, 1.82) is 0 Å². The summed E-state index contributed by atoms with van der Waals surface area (Å²) in [7, 11) is 0. The van der Waals surface area contributed by atoms with Gasteiger partial charge in [-0.1, -0.05) is 31.5 Å². The van der Waals surface area contributed by atoms with Crippen molar-refractivity contribution in [3.05, 3.63) is 76.3 Å². The molecule has 0 fully saturated rings. The van der Waals surface area contributed by atoms with Gasteiger partial charge in [-0.25, -0.2) is 4.98 Å². The van der Waals surface area contributed by atoms with Crippen LogP contribution in [0.1, 0.15) is 42.9 Å². The minimum Gasteiger partial charge on any atom is -0.507 e. The average Bonchev–Trinajstić information content (AvgIpc) is 3.18. The molecular formula is C25H23ClN2O2. The van der Waals surface area contributed by atoms with E-state index in [0.29, 0.717) is 28.0 Å². The van der Waals surface area contributed by atoms with E-state index in [0.717, 1.165) is 28.8 Å². The quantitative estimate of drug-likeness (QED) is 0.343. The smallest absolute Gasteiger partial charge is 0.227 e.